The van der Waals surface area contributed by atoms with E-state index in [0.717, 1.165) is 10.6 Å². The second kappa shape index (κ2) is 7.32. The molecule has 0 N–H and O–H groups in total. The highest BCUT2D eigenvalue weighted by Crippen LogP contribution is 2.34. The van der Waals surface area contributed by atoms with Gasteiger partial charge in [0.15, 0.2) is 0 Å². The van der Waals surface area contributed by atoms with Crippen LogP contribution >= 0.6 is 23.2 Å². The number of carbonyl (C=O) groups excluding carboxylic acids is 3. The number of nitrogens with zero attached hydrogens (tertiary/aromatic N) is 3. The molecule has 0 aromatic heterocycles. The largest absolute Gasteiger partial charge is 0.367 e. The first kappa shape index (κ1) is 20.0. The maximum atomic E-state index is 12.9. The molecule has 6 nitrogen and oxygen atoms in total. The molecule has 146 valence electrons. The van der Waals surface area contributed by atoms with Gasteiger partial charge in [-0.15, -0.1) is 0 Å². The van der Waals surface area contributed by atoms with Crippen LogP contribution in [0.1, 0.15) is 27.2 Å². The third kappa shape index (κ3) is 3.65. The Morgan fingerprint density at radius 1 is 1.11 bits per heavy atom. The summed E-state index contributed by atoms with van der Waals surface area (Å²) in [5.41, 5.74) is 0.101. The standard InChI is InChI=1S/C19H23Cl2N3O3/c1-12(24-15(25)11-19(2,3)18(24)27)17(26)23-9-7-22(8-10-23)14-6-4-5-13(20)16(14)21/h4-6,12H,7-11H2,1-3H3. The minimum atomic E-state index is -0.784. The first-order valence-electron chi connectivity index (χ1n) is 8.98. The molecule has 2 saturated heterocycles. The Kier molecular flexibility index (Phi) is 5.41. The lowest BCUT2D eigenvalue weighted by Gasteiger charge is -2.38. The molecule has 0 saturated carbocycles. The van der Waals surface area contributed by atoms with E-state index < -0.39 is 11.5 Å². The summed E-state index contributed by atoms with van der Waals surface area (Å²) in [6, 6.07) is 4.70. The van der Waals surface area contributed by atoms with E-state index in [0.29, 0.717) is 36.2 Å². The molecule has 3 rings (SSSR count). The lowest BCUT2D eigenvalue weighted by atomic mass is 9.92. The predicted octanol–water partition coefficient (Wildman–Crippen LogP) is 2.82. The van der Waals surface area contributed by atoms with Crippen molar-refractivity contribution < 1.29 is 14.4 Å². The Morgan fingerprint density at radius 2 is 1.74 bits per heavy atom. The fraction of sp³-hybridized carbons (Fsp3) is 0.526. The van der Waals surface area contributed by atoms with Gasteiger partial charge in [-0.05, 0) is 19.1 Å². The first-order chi connectivity index (χ1) is 12.6. The van der Waals surface area contributed by atoms with Crippen LogP contribution in [-0.2, 0) is 14.4 Å². The molecule has 1 aromatic rings. The van der Waals surface area contributed by atoms with Crippen molar-refractivity contribution in [3.63, 3.8) is 0 Å². The number of benzene rings is 1. The van der Waals surface area contributed by atoms with Gasteiger partial charge in [0, 0.05) is 32.6 Å². The maximum Gasteiger partial charge on any atom is 0.245 e. The second-order valence-corrected chi connectivity index (χ2v) is 8.48. The number of hydrogen-bond acceptors (Lipinski definition) is 4. The highest BCUT2D eigenvalue weighted by molar-refractivity contribution is 6.43. The summed E-state index contributed by atoms with van der Waals surface area (Å²) in [6.07, 6.45) is 0.143. The number of rotatable bonds is 3. The summed E-state index contributed by atoms with van der Waals surface area (Å²) < 4.78 is 0. The van der Waals surface area contributed by atoms with Crippen molar-refractivity contribution in [2.45, 2.75) is 33.2 Å². The van der Waals surface area contributed by atoms with Gasteiger partial charge < -0.3 is 9.80 Å². The van der Waals surface area contributed by atoms with Crippen molar-refractivity contribution in [1.29, 1.82) is 0 Å². The molecule has 0 bridgehead atoms. The van der Waals surface area contributed by atoms with Crippen molar-refractivity contribution in [2.24, 2.45) is 5.41 Å². The van der Waals surface area contributed by atoms with Gasteiger partial charge in [0.25, 0.3) is 0 Å². The van der Waals surface area contributed by atoms with E-state index in [4.69, 9.17) is 23.2 Å². The van der Waals surface area contributed by atoms with Gasteiger partial charge in [0.1, 0.15) is 6.04 Å². The summed E-state index contributed by atoms with van der Waals surface area (Å²) in [6.45, 7) is 7.28. The summed E-state index contributed by atoms with van der Waals surface area (Å²) in [5, 5.41) is 0.998. The average molecular weight is 412 g/mol. The van der Waals surface area contributed by atoms with Gasteiger partial charge in [-0.25, -0.2) is 0 Å². The minimum absolute atomic E-state index is 0.143. The number of anilines is 1. The summed E-state index contributed by atoms with van der Waals surface area (Å²) in [4.78, 5) is 42.5. The van der Waals surface area contributed by atoms with E-state index in [1.165, 1.54) is 0 Å². The van der Waals surface area contributed by atoms with Gasteiger partial charge in [-0.1, -0.05) is 43.1 Å². The van der Waals surface area contributed by atoms with E-state index in [1.54, 1.807) is 31.7 Å². The third-order valence-corrected chi connectivity index (χ3v) is 6.08. The second-order valence-electron chi connectivity index (χ2n) is 7.69. The number of hydrogen-bond donors (Lipinski definition) is 0. The Labute approximate surface area is 169 Å². The quantitative estimate of drug-likeness (QED) is 0.717. The number of imide groups is 1. The smallest absolute Gasteiger partial charge is 0.245 e. The lowest BCUT2D eigenvalue weighted by molar-refractivity contribution is -0.151. The van der Waals surface area contributed by atoms with Gasteiger partial charge in [-0.3, -0.25) is 19.3 Å². The van der Waals surface area contributed by atoms with Crippen molar-refractivity contribution in [2.75, 3.05) is 31.1 Å². The first-order valence-corrected chi connectivity index (χ1v) is 9.73. The number of amides is 3. The van der Waals surface area contributed by atoms with Crippen LogP contribution in [0.25, 0.3) is 0 Å². The molecule has 2 fully saturated rings. The molecule has 2 aliphatic rings. The fourth-order valence-electron chi connectivity index (χ4n) is 3.65. The average Bonchev–Trinajstić information content (AvgIpc) is 2.83. The van der Waals surface area contributed by atoms with E-state index >= 15 is 0 Å². The Morgan fingerprint density at radius 3 is 2.30 bits per heavy atom. The predicted molar refractivity (Wildman–Crippen MR) is 105 cm³/mol. The van der Waals surface area contributed by atoms with Crippen molar-refractivity contribution in [3.8, 4) is 0 Å². The monoisotopic (exact) mass is 411 g/mol. The normalized spacial score (nSPS) is 21.0. The van der Waals surface area contributed by atoms with E-state index in [2.05, 4.69) is 4.90 Å². The molecule has 0 spiro atoms. The molecular weight excluding hydrogens is 389 g/mol. The molecule has 27 heavy (non-hydrogen) atoms. The van der Waals surface area contributed by atoms with Crippen LogP contribution in [0.15, 0.2) is 18.2 Å². The summed E-state index contributed by atoms with van der Waals surface area (Å²) in [7, 11) is 0. The number of carbonyl (C=O) groups is 3. The van der Waals surface area contributed by atoms with Crippen LogP contribution in [0.3, 0.4) is 0 Å². The molecule has 0 aliphatic carbocycles. The highest BCUT2D eigenvalue weighted by atomic mass is 35.5. The zero-order valence-electron chi connectivity index (χ0n) is 15.7. The van der Waals surface area contributed by atoms with Crippen LogP contribution in [0, 0.1) is 5.41 Å². The Bertz CT molecular complexity index is 788. The maximum absolute atomic E-state index is 12.9. The third-order valence-electron chi connectivity index (χ3n) is 5.27. The highest BCUT2D eigenvalue weighted by Gasteiger charge is 2.48. The zero-order valence-corrected chi connectivity index (χ0v) is 17.2. The van der Waals surface area contributed by atoms with Crippen LogP contribution in [0.4, 0.5) is 5.69 Å². The van der Waals surface area contributed by atoms with Crippen molar-refractivity contribution in [1.82, 2.24) is 9.80 Å². The van der Waals surface area contributed by atoms with Crippen LogP contribution in [-0.4, -0.2) is 59.7 Å². The number of halogens is 2. The van der Waals surface area contributed by atoms with Gasteiger partial charge >= 0.3 is 0 Å². The molecular formula is C19H23Cl2N3O3. The van der Waals surface area contributed by atoms with Gasteiger partial charge in [0.2, 0.25) is 17.7 Å². The lowest BCUT2D eigenvalue weighted by Crippen LogP contribution is -2.55. The topological polar surface area (TPSA) is 60.9 Å². The van der Waals surface area contributed by atoms with E-state index in [9.17, 15) is 14.4 Å². The zero-order chi connectivity index (χ0) is 19.9. The SMILES string of the molecule is CC(C(=O)N1CCN(c2cccc(Cl)c2Cl)CC1)N1C(=O)CC(C)(C)C1=O. The van der Waals surface area contributed by atoms with E-state index in [-0.39, 0.29) is 24.1 Å². The minimum Gasteiger partial charge on any atom is -0.367 e. The molecule has 8 heteroatoms. The Hall–Kier alpha value is -1.79. The molecule has 1 atom stereocenters. The number of likely N-dealkylation sites (tertiary alicyclic amines) is 1. The van der Waals surface area contributed by atoms with E-state index in [1.807, 2.05) is 12.1 Å². The van der Waals surface area contributed by atoms with Crippen LogP contribution in [0.5, 0.6) is 0 Å². The van der Waals surface area contributed by atoms with Crippen LogP contribution < -0.4 is 4.90 Å². The summed E-state index contributed by atoms with van der Waals surface area (Å²) in [5.74, 6) is -0.765. The van der Waals surface area contributed by atoms with Crippen molar-refractivity contribution >= 4 is 46.6 Å². The Balaban J connectivity index is 1.66. The molecule has 1 unspecified atom stereocenters. The van der Waals surface area contributed by atoms with Gasteiger partial charge in [0.05, 0.1) is 21.1 Å². The van der Waals surface area contributed by atoms with Crippen molar-refractivity contribution in [3.05, 3.63) is 28.2 Å². The number of piperazine rings is 1. The fourth-order valence-corrected chi connectivity index (χ4v) is 4.06. The summed E-state index contributed by atoms with van der Waals surface area (Å²) >= 11 is 12.4. The van der Waals surface area contributed by atoms with Gasteiger partial charge in [-0.2, -0.15) is 0 Å². The van der Waals surface area contributed by atoms with Crippen LogP contribution in [0.2, 0.25) is 10.0 Å². The molecule has 1 aromatic carbocycles. The molecule has 2 aliphatic heterocycles. The molecule has 3 amide bonds. The molecule has 0 radical (unpaired) electrons. The molecule has 2 heterocycles.